The van der Waals surface area contributed by atoms with Crippen molar-refractivity contribution in [3.63, 3.8) is 0 Å². The van der Waals surface area contributed by atoms with E-state index in [1.165, 1.54) is 0 Å². The van der Waals surface area contributed by atoms with Crippen LogP contribution in [0.2, 0.25) is 0 Å². The Bertz CT molecular complexity index is 768. The Labute approximate surface area is 152 Å². The van der Waals surface area contributed by atoms with Crippen molar-refractivity contribution in [1.29, 1.82) is 0 Å². The van der Waals surface area contributed by atoms with Crippen molar-refractivity contribution in [2.24, 2.45) is 0 Å². The summed E-state index contributed by atoms with van der Waals surface area (Å²) < 4.78 is 0. The number of nitrogens with zero attached hydrogens (tertiary/aromatic N) is 2. The standard InChI is InChI=1S/C19H21N3O2S/c1-14(23)15-3-2-4-16(13-15)20-19(25)22-11-9-21(10-12-22)17-5-7-18(24)8-6-17/h2-8,13,24H,9-12H2,1H3,(H,20,25). The van der Waals surface area contributed by atoms with Crippen molar-refractivity contribution in [2.45, 2.75) is 6.92 Å². The van der Waals surface area contributed by atoms with E-state index < -0.39 is 0 Å². The normalized spacial score (nSPS) is 14.3. The molecule has 25 heavy (non-hydrogen) atoms. The van der Waals surface area contributed by atoms with Crippen LogP contribution in [0.1, 0.15) is 17.3 Å². The van der Waals surface area contributed by atoms with Crippen LogP contribution in [0, 0.1) is 0 Å². The third kappa shape index (κ3) is 4.28. The summed E-state index contributed by atoms with van der Waals surface area (Å²) >= 11 is 5.52. The second kappa shape index (κ2) is 7.53. The molecule has 0 unspecified atom stereocenters. The fourth-order valence-corrected chi connectivity index (χ4v) is 3.15. The zero-order chi connectivity index (χ0) is 17.8. The Hall–Kier alpha value is -2.60. The molecule has 2 N–H and O–H groups in total. The van der Waals surface area contributed by atoms with E-state index in [0.717, 1.165) is 37.6 Å². The highest BCUT2D eigenvalue weighted by atomic mass is 32.1. The number of phenols is 1. The Balaban J connectivity index is 1.57. The van der Waals surface area contributed by atoms with E-state index in [1.54, 1.807) is 25.1 Å². The molecule has 0 spiro atoms. The van der Waals surface area contributed by atoms with Gasteiger partial charge in [0.15, 0.2) is 10.9 Å². The number of anilines is 2. The first-order chi connectivity index (χ1) is 12.0. The number of thiocarbonyl (C=S) groups is 1. The SMILES string of the molecule is CC(=O)c1cccc(NC(=S)N2CCN(c3ccc(O)cc3)CC2)c1. The second-order valence-electron chi connectivity index (χ2n) is 6.06. The molecule has 5 nitrogen and oxygen atoms in total. The molecule has 0 aromatic heterocycles. The summed E-state index contributed by atoms with van der Waals surface area (Å²) in [4.78, 5) is 15.9. The molecule has 2 aromatic rings. The highest BCUT2D eigenvalue weighted by Gasteiger charge is 2.19. The van der Waals surface area contributed by atoms with Crippen LogP contribution in [0.15, 0.2) is 48.5 Å². The molecule has 0 atom stereocenters. The Morgan fingerprint density at radius 1 is 1.08 bits per heavy atom. The van der Waals surface area contributed by atoms with E-state index in [2.05, 4.69) is 15.1 Å². The third-order valence-electron chi connectivity index (χ3n) is 4.30. The predicted molar refractivity (Wildman–Crippen MR) is 105 cm³/mol. The van der Waals surface area contributed by atoms with E-state index in [9.17, 15) is 9.90 Å². The maximum Gasteiger partial charge on any atom is 0.173 e. The Kier molecular flexibility index (Phi) is 5.19. The highest BCUT2D eigenvalue weighted by molar-refractivity contribution is 7.80. The van der Waals surface area contributed by atoms with Crippen LogP contribution >= 0.6 is 12.2 Å². The number of piperazine rings is 1. The van der Waals surface area contributed by atoms with E-state index in [-0.39, 0.29) is 11.5 Å². The van der Waals surface area contributed by atoms with Gasteiger partial charge in [-0.1, -0.05) is 12.1 Å². The lowest BCUT2D eigenvalue weighted by Gasteiger charge is -2.37. The summed E-state index contributed by atoms with van der Waals surface area (Å²) in [6.45, 7) is 4.92. The molecule has 0 aliphatic carbocycles. The monoisotopic (exact) mass is 355 g/mol. The van der Waals surface area contributed by atoms with Crippen LogP contribution in [-0.4, -0.2) is 47.1 Å². The van der Waals surface area contributed by atoms with E-state index in [4.69, 9.17) is 12.2 Å². The van der Waals surface area contributed by atoms with E-state index >= 15 is 0 Å². The minimum atomic E-state index is 0.0390. The zero-order valence-corrected chi connectivity index (χ0v) is 14.9. The molecule has 0 amide bonds. The van der Waals surface area contributed by atoms with E-state index in [1.807, 2.05) is 30.3 Å². The van der Waals surface area contributed by atoms with Gasteiger partial charge in [0.25, 0.3) is 0 Å². The maximum absolute atomic E-state index is 11.5. The molecule has 0 bridgehead atoms. The van der Waals surface area contributed by atoms with Gasteiger partial charge >= 0.3 is 0 Å². The summed E-state index contributed by atoms with van der Waals surface area (Å²) in [5, 5.41) is 13.3. The second-order valence-corrected chi connectivity index (χ2v) is 6.44. The topological polar surface area (TPSA) is 55.8 Å². The first kappa shape index (κ1) is 17.2. The highest BCUT2D eigenvalue weighted by Crippen LogP contribution is 2.20. The van der Waals surface area contributed by atoms with Gasteiger partial charge in [-0.15, -0.1) is 0 Å². The Morgan fingerprint density at radius 2 is 1.76 bits per heavy atom. The quantitative estimate of drug-likeness (QED) is 0.652. The Morgan fingerprint density at radius 3 is 2.40 bits per heavy atom. The molecule has 1 fully saturated rings. The van der Waals surface area contributed by atoms with Gasteiger partial charge in [-0.2, -0.15) is 0 Å². The van der Waals surface area contributed by atoms with Crippen molar-refractivity contribution in [2.75, 3.05) is 36.4 Å². The van der Waals surface area contributed by atoms with Crippen molar-refractivity contribution < 1.29 is 9.90 Å². The fourth-order valence-electron chi connectivity index (χ4n) is 2.85. The fraction of sp³-hybridized carbons (Fsp3) is 0.263. The van der Waals surface area contributed by atoms with Crippen LogP contribution < -0.4 is 10.2 Å². The lowest BCUT2D eigenvalue weighted by molar-refractivity contribution is 0.101. The first-order valence-electron chi connectivity index (χ1n) is 8.24. The predicted octanol–water partition coefficient (Wildman–Crippen LogP) is 3.11. The van der Waals surface area contributed by atoms with Crippen LogP contribution in [0.5, 0.6) is 5.75 Å². The van der Waals surface area contributed by atoms with E-state index in [0.29, 0.717) is 10.7 Å². The summed E-state index contributed by atoms with van der Waals surface area (Å²) in [7, 11) is 0. The van der Waals surface area contributed by atoms with Crippen LogP contribution in [0.25, 0.3) is 0 Å². The molecule has 3 rings (SSSR count). The van der Waals surface area contributed by atoms with Crippen LogP contribution in [-0.2, 0) is 0 Å². The van der Waals surface area contributed by atoms with Crippen molar-refractivity contribution >= 4 is 34.5 Å². The molecule has 0 radical (unpaired) electrons. The van der Waals surface area contributed by atoms with Crippen molar-refractivity contribution in [3.8, 4) is 5.75 Å². The van der Waals surface area contributed by atoms with Gasteiger partial charge in [0.2, 0.25) is 0 Å². The number of phenolic OH excluding ortho intramolecular Hbond substituents is 1. The molecular formula is C19H21N3O2S. The summed E-state index contributed by atoms with van der Waals surface area (Å²) in [6, 6.07) is 14.6. The van der Waals surface area contributed by atoms with Gasteiger partial charge < -0.3 is 20.2 Å². The van der Waals surface area contributed by atoms with Crippen LogP contribution in [0.4, 0.5) is 11.4 Å². The third-order valence-corrected chi connectivity index (χ3v) is 4.66. The van der Waals surface area contributed by atoms with Gasteiger partial charge in [-0.25, -0.2) is 0 Å². The molecule has 1 aliphatic heterocycles. The number of hydrogen-bond donors (Lipinski definition) is 2. The average Bonchev–Trinajstić information content (AvgIpc) is 2.63. The van der Waals surface area contributed by atoms with Crippen LogP contribution in [0.3, 0.4) is 0 Å². The minimum Gasteiger partial charge on any atom is -0.508 e. The summed E-state index contributed by atoms with van der Waals surface area (Å²) in [6.07, 6.45) is 0. The molecule has 2 aromatic carbocycles. The zero-order valence-electron chi connectivity index (χ0n) is 14.1. The first-order valence-corrected chi connectivity index (χ1v) is 8.64. The lowest BCUT2D eigenvalue weighted by Crippen LogP contribution is -2.50. The number of rotatable bonds is 3. The smallest absolute Gasteiger partial charge is 0.173 e. The maximum atomic E-state index is 11.5. The molecule has 130 valence electrons. The average molecular weight is 355 g/mol. The largest absolute Gasteiger partial charge is 0.508 e. The van der Waals surface area contributed by atoms with Crippen molar-refractivity contribution in [1.82, 2.24) is 4.90 Å². The van der Waals surface area contributed by atoms with Gasteiger partial charge in [0, 0.05) is 43.1 Å². The number of carbonyl (C=O) groups excluding carboxylic acids is 1. The number of benzene rings is 2. The van der Waals surface area contributed by atoms with Gasteiger partial charge in [-0.3, -0.25) is 4.79 Å². The number of nitrogens with one attached hydrogen (secondary N) is 1. The number of carbonyl (C=O) groups is 1. The number of aromatic hydroxyl groups is 1. The van der Waals surface area contributed by atoms with Gasteiger partial charge in [0.05, 0.1) is 0 Å². The van der Waals surface area contributed by atoms with Gasteiger partial charge in [-0.05, 0) is 55.5 Å². The lowest BCUT2D eigenvalue weighted by atomic mass is 10.1. The summed E-state index contributed by atoms with van der Waals surface area (Å²) in [5.41, 5.74) is 2.61. The molecular weight excluding hydrogens is 334 g/mol. The minimum absolute atomic E-state index is 0.0390. The number of hydrogen-bond acceptors (Lipinski definition) is 4. The number of Topliss-reactive ketones (excluding diaryl/α,β-unsaturated/α-hetero) is 1. The van der Waals surface area contributed by atoms with Crippen molar-refractivity contribution in [3.05, 3.63) is 54.1 Å². The summed E-state index contributed by atoms with van der Waals surface area (Å²) in [5.74, 6) is 0.317. The molecule has 0 saturated carbocycles. The molecule has 1 saturated heterocycles. The number of ketones is 1. The molecule has 1 heterocycles. The molecule has 6 heteroatoms. The molecule has 1 aliphatic rings. The van der Waals surface area contributed by atoms with Gasteiger partial charge in [0.1, 0.15) is 5.75 Å².